The van der Waals surface area contributed by atoms with E-state index in [4.69, 9.17) is 0 Å². The molecule has 3 aliphatic rings. The molecule has 1 aliphatic carbocycles. The predicted molar refractivity (Wildman–Crippen MR) is 91.6 cm³/mol. The van der Waals surface area contributed by atoms with E-state index in [1.54, 1.807) is 44.9 Å². The van der Waals surface area contributed by atoms with E-state index in [2.05, 4.69) is 27.7 Å². The van der Waals surface area contributed by atoms with Crippen LogP contribution < -0.4 is 0 Å². The molecule has 2 aliphatic heterocycles. The quantitative estimate of drug-likeness (QED) is 0.547. The van der Waals surface area contributed by atoms with Crippen molar-refractivity contribution >= 4 is 15.8 Å². The van der Waals surface area contributed by atoms with E-state index in [-0.39, 0.29) is 0 Å². The van der Waals surface area contributed by atoms with E-state index in [1.165, 1.54) is 11.3 Å². The molecular formula is C17H32P2. The Hall–Kier alpha value is 0.860. The van der Waals surface area contributed by atoms with E-state index < -0.39 is 0 Å². The second-order valence-electron chi connectivity index (χ2n) is 7.51. The Kier molecular flexibility index (Phi) is 4.61. The predicted octanol–water partition coefficient (Wildman–Crippen LogP) is 6.01. The Bertz CT molecular complexity index is 266. The van der Waals surface area contributed by atoms with E-state index in [9.17, 15) is 0 Å². The molecule has 0 radical (unpaired) electrons. The van der Waals surface area contributed by atoms with Crippen LogP contribution in [0, 0.1) is 0 Å². The van der Waals surface area contributed by atoms with Crippen LogP contribution in [0.5, 0.6) is 0 Å². The average molecular weight is 298 g/mol. The summed E-state index contributed by atoms with van der Waals surface area (Å²) in [6, 6.07) is 0. The monoisotopic (exact) mass is 298 g/mol. The van der Waals surface area contributed by atoms with Gasteiger partial charge in [0.25, 0.3) is 0 Å². The molecule has 110 valence electrons. The van der Waals surface area contributed by atoms with Gasteiger partial charge in [-0.1, -0.05) is 50.0 Å². The largest absolute Gasteiger partial charge is 0.0971 e. The molecule has 0 N–H and O–H groups in total. The van der Waals surface area contributed by atoms with E-state index in [1.807, 2.05) is 0 Å². The fraction of sp³-hybridized carbons (Fsp3) is 1.00. The molecule has 3 fully saturated rings. The third-order valence-corrected chi connectivity index (χ3v) is 14.4. The lowest BCUT2D eigenvalue weighted by Gasteiger charge is -2.38. The van der Waals surface area contributed by atoms with Gasteiger partial charge in [0.05, 0.1) is 0 Å². The van der Waals surface area contributed by atoms with Crippen molar-refractivity contribution in [2.24, 2.45) is 0 Å². The van der Waals surface area contributed by atoms with Gasteiger partial charge in [-0.25, -0.2) is 0 Å². The highest BCUT2D eigenvalue weighted by molar-refractivity contribution is 7.64. The highest BCUT2D eigenvalue weighted by Crippen LogP contribution is 2.70. The van der Waals surface area contributed by atoms with Gasteiger partial charge in [0.1, 0.15) is 0 Å². The molecular weight excluding hydrogens is 266 g/mol. The topological polar surface area (TPSA) is 0 Å². The molecule has 4 unspecified atom stereocenters. The third-order valence-electron chi connectivity index (χ3n) is 6.25. The fourth-order valence-corrected chi connectivity index (χ4v) is 14.5. The lowest BCUT2D eigenvalue weighted by Crippen LogP contribution is -2.25. The van der Waals surface area contributed by atoms with Crippen molar-refractivity contribution in [3.8, 4) is 0 Å². The smallest absolute Gasteiger partial charge is 0.0136 e. The van der Waals surface area contributed by atoms with Gasteiger partial charge in [0.15, 0.2) is 0 Å². The highest BCUT2D eigenvalue weighted by Gasteiger charge is 2.47. The van der Waals surface area contributed by atoms with Crippen molar-refractivity contribution < 1.29 is 0 Å². The zero-order valence-electron chi connectivity index (χ0n) is 13.3. The number of hydrogen-bond acceptors (Lipinski definition) is 0. The Morgan fingerprint density at radius 1 is 0.526 bits per heavy atom. The lowest BCUT2D eigenvalue weighted by molar-refractivity contribution is 0.777. The molecule has 3 rings (SSSR count). The van der Waals surface area contributed by atoms with Gasteiger partial charge >= 0.3 is 0 Å². The molecule has 0 amide bonds. The Balaban J connectivity index is 1.77. The summed E-state index contributed by atoms with van der Waals surface area (Å²) in [7, 11) is 0.708. The Labute approximate surface area is 123 Å². The van der Waals surface area contributed by atoms with Crippen LogP contribution in [0.15, 0.2) is 0 Å². The second-order valence-corrected chi connectivity index (χ2v) is 14.2. The molecule has 0 aromatic rings. The summed E-state index contributed by atoms with van der Waals surface area (Å²) < 4.78 is 0. The molecule has 19 heavy (non-hydrogen) atoms. The van der Waals surface area contributed by atoms with Gasteiger partial charge < -0.3 is 0 Å². The maximum atomic E-state index is 2.58. The molecule has 1 saturated carbocycles. The second kappa shape index (κ2) is 5.93. The van der Waals surface area contributed by atoms with Crippen molar-refractivity contribution in [1.82, 2.24) is 0 Å². The van der Waals surface area contributed by atoms with E-state index in [0.29, 0.717) is 15.8 Å². The van der Waals surface area contributed by atoms with Gasteiger partial charge in [0, 0.05) is 0 Å². The van der Waals surface area contributed by atoms with Crippen LogP contribution in [0.25, 0.3) is 0 Å². The van der Waals surface area contributed by atoms with Crippen LogP contribution in [-0.2, 0) is 0 Å². The molecule has 7 atom stereocenters. The van der Waals surface area contributed by atoms with Crippen molar-refractivity contribution in [2.45, 2.75) is 107 Å². The molecule has 2 heteroatoms. The minimum atomic E-state index is 0.354. The normalized spacial score (nSPS) is 52.1. The average Bonchev–Trinajstić information content (AvgIpc) is 3.02. The van der Waals surface area contributed by atoms with Crippen molar-refractivity contribution in [1.29, 1.82) is 0 Å². The summed E-state index contributed by atoms with van der Waals surface area (Å²) in [5.74, 6) is 0. The summed E-state index contributed by atoms with van der Waals surface area (Å²) >= 11 is 0. The van der Waals surface area contributed by atoms with E-state index in [0.717, 1.165) is 22.6 Å². The molecule has 0 aromatic heterocycles. The summed E-state index contributed by atoms with van der Waals surface area (Å²) in [6.07, 6.45) is 10.9. The summed E-state index contributed by atoms with van der Waals surface area (Å²) in [4.78, 5) is 0. The van der Waals surface area contributed by atoms with Crippen LogP contribution in [0.1, 0.15) is 72.6 Å². The van der Waals surface area contributed by atoms with Gasteiger partial charge in [-0.05, 0) is 72.5 Å². The first-order valence-electron chi connectivity index (χ1n) is 8.64. The van der Waals surface area contributed by atoms with E-state index >= 15 is 0 Å². The molecule has 2 saturated heterocycles. The maximum Gasteiger partial charge on any atom is -0.0136 e. The van der Waals surface area contributed by atoms with Crippen LogP contribution in [0.3, 0.4) is 0 Å². The third kappa shape index (κ3) is 2.66. The first-order chi connectivity index (χ1) is 9.09. The highest BCUT2D eigenvalue weighted by atomic mass is 31.1. The minimum absolute atomic E-state index is 0.354. The van der Waals surface area contributed by atoms with Gasteiger partial charge in [-0.15, -0.1) is 0 Å². The van der Waals surface area contributed by atoms with Crippen molar-refractivity contribution in [3.63, 3.8) is 0 Å². The summed E-state index contributed by atoms with van der Waals surface area (Å²) in [5.41, 5.74) is 6.68. The Morgan fingerprint density at radius 2 is 0.842 bits per heavy atom. The first kappa shape index (κ1) is 14.8. The van der Waals surface area contributed by atoms with Gasteiger partial charge in [0.2, 0.25) is 0 Å². The van der Waals surface area contributed by atoms with Crippen LogP contribution in [0.2, 0.25) is 0 Å². The standard InChI is InChI=1S/C17H32P2/c1-12-8-9-13(2)18(12)16-6-5-7-17(16)19-14(3)10-11-15(19)4/h12-17H,5-11H2,1-4H3/t12-,13-,14-,15?,16?,17?,19?/m1/s1. The summed E-state index contributed by atoms with van der Waals surface area (Å²) in [5, 5.41) is 0. The number of hydrogen-bond donors (Lipinski definition) is 0. The van der Waals surface area contributed by atoms with Crippen LogP contribution in [0.4, 0.5) is 0 Å². The Morgan fingerprint density at radius 3 is 1.16 bits per heavy atom. The molecule has 0 aromatic carbocycles. The molecule has 0 bridgehead atoms. The van der Waals surface area contributed by atoms with Crippen LogP contribution in [-0.4, -0.2) is 34.0 Å². The number of rotatable bonds is 2. The zero-order valence-corrected chi connectivity index (χ0v) is 15.1. The summed E-state index contributed by atoms with van der Waals surface area (Å²) in [6.45, 7) is 10.3. The fourth-order valence-electron chi connectivity index (χ4n) is 5.35. The first-order valence-corrected chi connectivity index (χ1v) is 11.7. The van der Waals surface area contributed by atoms with Crippen molar-refractivity contribution in [3.05, 3.63) is 0 Å². The van der Waals surface area contributed by atoms with Crippen LogP contribution >= 0.6 is 15.8 Å². The lowest BCUT2D eigenvalue weighted by atomic mass is 10.2. The molecule has 0 nitrogen and oxygen atoms in total. The van der Waals surface area contributed by atoms with Gasteiger partial charge in [-0.2, -0.15) is 0 Å². The molecule has 0 spiro atoms. The SMILES string of the molecule is CC1CC[C@@H](C)P1C1CCCC1P1[C@H](C)CC[C@H]1C. The minimum Gasteiger partial charge on any atom is -0.0971 e. The van der Waals surface area contributed by atoms with Gasteiger partial charge in [-0.3, -0.25) is 0 Å². The zero-order chi connectivity index (χ0) is 13.6. The maximum absolute atomic E-state index is 2.58. The van der Waals surface area contributed by atoms with Crippen molar-refractivity contribution in [2.75, 3.05) is 0 Å². The molecule has 2 heterocycles.